The van der Waals surface area contributed by atoms with Crippen LogP contribution in [0.3, 0.4) is 0 Å². The van der Waals surface area contributed by atoms with Gasteiger partial charge in [0, 0.05) is 47.9 Å². The molecule has 1 N–H and O–H groups in total. The molecule has 3 aromatic rings. The van der Waals surface area contributed by atoms with Gasteiger partial charge < -0.3 is 9.47 Å². The molecule has 0 unspecified atom stereocenters. The number of rotatable bonds is 8. The number of ether oxygens (including phenoxy) is 2. The quantitative estimate of drug-likeness (QED) is 0.569. The molecule has 0 spiro atoms. The molecule has 8 heteroatoms. The Bertz CT molecular complexity index is 1040. The highest BCUT2D eigenvalue weighted by atomic mass is 32.1. The second-order valence-electron chi connectivity index (χ2n) is 7.21. The van der Waals surface area contributed by atoms with Crippen LogP contribution in [0.25, 0.3) is 0 Å². The zero-order valence-corrected chi connectivity index (χ0v) is 18.6. The smallest absolute Gasteiger partial charge is 0.257 e. The van der Waals surface area contributed by atoms with Gasteiger partial charge in [-0.25, -0.2) is 4.98 Å². The van der Waals surface area contributed by atoms with Crippen LogP contribution in [0.1, 0.15) is 40.3 Å². The maximum atomic E-state index is 12.8. The summed E-state index contributed by atoms with van der Waals surface area (Å²) in [7, 11) is 0. The Balaban J connectivity index is 1.45. The summed E-state index contributed by atoms with van der Waals surface area (Å²) in [5, 5.41) is 3.58. The lowest BCUT2D eigenvalue weighted by atomic mass is 10.2. The molecule has 3 heterocycles. The van der Waals surface area contributed by atoms with E-state index in [4.69, 9.17) is 9.47 Å². The lowest BCUT2D eigenvalue weighted by Crippen LogP contribution is -2.29. The van der Waals surface area contributed by atoms with E-state index in [1.807, 2.05) is 19.1 Å². The highest BCUT2D eigenvalue weighted by Gasteiger charge is 2.21. The molecule has 1 amide bonds. The predicted molar refractivity (Wildman–Crippen MR) is 121 cm³/mol. The first kappa shape index (κ1) is 21.3. The summed E-state index contributed by atoms with van der Waals surface area (Å²) in [6.45, 7) is 7.84. The highest BCUT2D eigenvalue weighted by Crippen LogP contribution is 2.31. The summed E-state index contributed by atoms with van der Waals surface area (Å²) < 4.78 is 11.6. The van der Waals surface area contributed by atoms with Crippen molar-refractivity contribution in [1.29, 1.82) is 0 Å². The number of thiazole rings is 1. The monoisotopic (exact) mass is 438 g/mol. The molecule has 1 aromatic carbocycles. The molecule has 4 rings (SSSR count). The fourth-order valence-corrected chi connectivity index (χ4v) is 4.47. The Morgan fingerprint density at radius 1 is 1.23 bits per heavy atom. The minimum Gasteiger partial charge on any atom is -0.490 e. The lowest BCUT2D eigenvalue weighted by molar-refractivity contribution is 0.102. The average Bonchev–Trinajstić information content (AvgIpc) is 3.20. The van der Waals surface area contributed by atoms with Gasteiger partial charge in [-0.2, -0.15) is 0 Å². The van der Waals surface area contributed by atoms with Crippen LogP contribution in [0.2, 0.25) is 0 Å². The maximum absolute atomic E-state index is 12.8. The van der Waals surface area contributed by atoms with E-state index < -0.39 is 0 Å². The minimum atomic E-state index is -0.210. The number of carbonyl (C=O) groups is 1. The molecule has 0 bridgehead atoms. The van der Waals surface area contributed by atoms with Crippen LogP contribution in [0.15, 0.2) is 42.7 Å². The molecule has 0 aliphatic carbocycles. The van der Waals surface area contributed by atoms with Gasteiger partial charge in [0.15, 0.2) is 16.6 Å². The fraction of sp³-hybridized carbons (Fsp3) is 0.348. The molecule has 1 aliphatic rings. The number of aromatic nitrogens is 2. The summed E-state index contributed by atoms with van der Waals surface area (Å²) in [6, 6.07) is 9.03. The fourth-order valence-electron chi connectivity index (χ4n) is 3.42. The number of hydrogen-bond acceptors (Lipinski definition) is 7. The van der Waals surface area contributed by atoms with E-state index >= 15 is 0 Å². The topological polar surface area (TPSA) is 76.6 Å². The van der Waals surface area contributed by atoms with Gasteiger partial charge in [-0.15, -0.1) is 11.3 Å². The number of amides is 1. The molecular weight excluding hydrogens is 412 g/mol. The normalized spacial score (nSPS) is 13.5. The number of nitrogens with zero attached hydrogens (tertiary/aromatic N) is 3. The largest absolute Gasteiger partial charge is 0.490 e. The van der Waals surface area contributed by atoms with E-state index in [1.165, 1.54) is 4.88 Å². The van der Waals surface area contributed by atoms with Gasteiger partial charge in [0.25, 0.3) is 5.91 Å². The van der Waals surface area contributed by atoms with Crippen molar-refractivity contribution in [1.82, 2.24) is 14.9 Å². The van der Waals surface area contributed by atoms with Crippen molar-refractivity contribution in [2.24, 2.45) is 0 Å². The number of carbonyl (C=O) groups excluding carboxylic acids is 1. The number of benzene rings is 1. The zero-order chi connectivity index (χ0) is 21.6. The molecule has 2 aromatic heterocycles. The molecular formula is C23H26N4O3S. The van der Waals surface area contributed by atoms with Gasteiger partial charge in [-0.05, 0) is 37.7 Å². The zero-order valence-electron chi connectivity index (χ0n) is 17.8. The first-order valence-electron chi connectivity index (χ1n) is 10.5. The number of likely N-dealkylation sites (N-methyl/N-ethyl adjacent to an activating group) is 1. The third-order valence-electron chi connectivity index (χ3n) is 5.10. The second-order valence-corrected chi connectivity index (χ2v) is 8.29. The number of fused-ring (bicyclic) bond motifs is 1. The van der Waals surface area contributed by atoms with E-state index in [1.54, 1.807) is 41.9 Å². The molecule has 0 fully saturated rings. The van der Waals surface area contributed by atoms with Crippen molar-refractivity contribution >= 4 is 22.4 Å². The molecule has 162 valence electrons. The number of anilines is 1. The van der Waals surface area contributed by atoms with Gasteiger partial charge >= 0.3 is 0 Å². The van der Waals surface area contributed by atoms with Crippen LogP contribution in [-0.4, -0.2) is 40.5 Å². The van der Waals surface area contributed by atoms with Crippen molar-refractivity contribution < 1.29 is 14.3 Å². The molecule has 31 heavy (non-hydrogen) atoms. The van der Waals surface area contributed by atoms with E-state index in [2.05, 4.69) is 27.1 Å². The van der Waals surface area contributed by atoms with Crippen LogP contribution in [-0.2, 0) is 19.6 Å². The molecule has 0 saturated heterocycles. The number of nitrogens with one attached hydrogen (secondary N) is 1. The van der Waals surface area contributed by atoms with E-state index in [9.17, 15) is 4.79 Å². The SMILES string of the molecule is CCOc1cc(C(=O)Nc2nc3c(s2)CN(CC)CC3)ccc1OCc1cccnc1. The van der Waals surface area contributed by atoms with Crippen molar-refractivity contribution in [2.45, 2.75) is 33.4 Å². The Morgan fingerprint density at radius 2 is 2.13 bits per heavy atom. The van der Waals surface area contributed by atoms with Crippen molar-refractivity contribution in [2.75, 3.05) is 25.0 Å². The summed E-state index contributed by atoms with van der Waals surface area (Å²) in [4.78, 5) is 25.2. The van der Waals surface area contributed by atoms with E-state index in [0.717, 1.165) is 37.3 Å². The number of pyridine rings is 1. The Morgan fingerprint density at radius 3 is 2.90 bits per heavy atom. The summed E-state index contributed by atoms with van der Waals surface area (Å²) in [5.74, 6) is 0.917. The molecule has 1 aliphatic heterocycles. The molecule has 0 radical (unpaired) electrons. The van der Waals surface area contributed by atoms with Crippen LogP contribution in [0, 0.1) is 0 Å². The van der Waals surface area contributed by atoms with Gasteiger partial charge in [0.05, 0.1) is 12.3 Å². The van der Waals surface area contributed by atoms with E-state index in [-0.39, 0.29) is 5.91 Å². The van der Waals surface area contributed by atoms with Crippen molar-refractivity contribution in [3.8, 4) is 11.5 Å². The second kappa shape index (κ2) is 9.89. The molecule has 0 saturated carbocycles. The summed E-state index contributed by atoms with van der Waals surface area (Å²) in [5.41, 5.74) is 2.56. The van der Waals surface area contributed by atoms with Crippen LogP contribution >= 0.6 is 11.3 Å². The van der Waals surface area contributed by atoms with Crippen LogP contribution in [0.5, 0.6) is 11.5 Å². The lowest BCUT2D eigenvalue weighted by Gasteiger charge is -2.23. The molecule has 0 atom stereocenters. The standard InChI is InChI=1S/C23H26N4O3S/c1-3-27-11-9-18-21(14-27)31-23(25-18)26-22(28)17-7-8-19(20(12-17)29-4-2)30-15-16-6-5-10-24-13-16/h5-8,10,12-13H,3-4,9,11,14-15H2,1-2H3,(H,25,26,28). The third-order valence-corrected chi connectivity index (χ3v) is 6.10. The Kier molecular flexibility index (Phi) is 6.79. The third kappa shape index (κ3) is 5.21. The minimum absolute atomic E-state index is 0.210. The van der Waals surface area contributed by atoms with Crippen LogP contribution in [0.4, 0.5) is 5.13 Å². The van der Waals surface area contributed by atoms with Crippen LogP contribution < -0.4 is 14.8 Å². The summed E-state index contributed by atoms with van der Waals surface area (Å²) in [6.07, 6.45) is 4.41. The van der Waals surface area contributed by atoms with Crippen molar-refractivity contribution in [3.05, 3.63) is 64.4 Å². The first-order chi connectivity index (χ1) is 15.2. The first-order valence-corrected chi connectivity index (χ1v) is 11.3. The van der Waals surface area contributed by atoms with Gasteiger partial charge in [-0.1, -0.05) is 13.0 Å². The van der Waals surface area contributed by atoms with Gasteiger partial charge in [0.1, 0.15) is 6.61 Å². The Hall–Kier alpha value is -2.97. The van der Waals surface area contributed by atoms with E-state index in [0.29, 0.717) is 35.4 Å². The Labute approximate surface area is 186 Å². The van der Waals surface area contributed by atoms with Crippen molar-refractivity contribution in [3.63, 3.8) is 0 Å². The highest BCUT2D eigenvalue weighted by molar-refractivity contribution is 7.15. The van der Waals surface area contributed by atoms with Gasteiger partial charge in [-0.3, -0.25) is 20.0 Å². The predicted octanol–water partition coefficient (Wildman–Crippen LogP) is 4.15. The number of hydrogen-bond donors (Lipinski definition) is 1. The maximum Gasteiger partial charge on any atom is 0.257 e. The van der Waals surface area contributed by atoms with Gasteiger partial charge in [0.2, 0.25) is 0 Å². The average molecular weight is 439 g/mol. The summed E-state index contributed by atoms with van der Waals surface area (Å²) >= 11 is 1.55. The molecule has 7 nitrogen and oxygen atoms in total.